The van der Waals surface area contributed by atoms with Crippen molar-refractivity contribution < 1.29 is 23.8 Å². The van der Waals surface area contributed by atoms with Gasteiger partial charge in [0.2, 0.25) is 0 Å². The SMILES string of the molecule is CCOC(=O)CCCOc1cc2c(cc1OC)CCC2=O. The molecule has 0 aliphatic heterocycles. The second-order valence-electron chi connectivity index (χ2n) is 4.84. The molecular formula is C16H20O5. The Balaban J connectivity index is 1.95. The number of fused-ring (bicyclic) bond motifs is 1. The maximum Gasteiger partial charge on any atom is 0.305 e. The molecule has 21 heavy (non-hydrogen) atoms. The minimum atomic E-state index is -0.225. The predicted octanol–water partition coefficient (Wildman–Crippen LogP) is 2.55. The topological polar surface area (TPSA) is 61.8 Å². The molecule has 1 aliphatic rings. The lowest BCUT2D eigenvalue weighted by Crippen LogP contribution is -2.07. The van der Waals surface area contributed by atoms with E-state index in [1.54, 1.807) is 20.1 Å². The molecule has 0 fully saturated rings. The number of hydrogen-bond acceptors (Lipinski definition) is 5. The average Bonchev–Trinajstić information content (AvgIpc) is 2.84. The van der Waals surface area contributed by atoms with E-state index in [9.17, 15) is 9.59 Å². The summed E-state index contributed by atoms with van der Waals surface area (Å²) in [7, 11) is 1.57. The van der Waals surface area contributed by atoms with Gasteiger partial charge in [-0.1, -0.05) is 0 Å². The van der Waals surface area contributed by atoms with E-state index >= 15 is 0 Å². The molecule has 0 unspecified atom stereocenters. The van der Waals surface area contributed by atoms with Gasteiger partial charge in [0, 0.05) is 18.4 Å². The lowest BCUT2D eigenvalue weighted by Gasteiger charge is -2.12. The zero-order valence-corrected chi connectivity index (χ0v) is 12.4. The molecular weight excluding hydrogens is 272 g/mol. The Bertz CT molecular complexity index is 536. The molecule has 0 radical (unpaired) electrons. The molecule has 5 heteroatoms. The fourth-order valence-corrected chi connectivity index (χ4v) is 2.36. The van der Waals surface area contributed by atoms with E-state index in [0.717, 1.165) is 17.5 Å². The van der Waals surface area contributed by atoms with Gasteiger partial charge in [0.15, 0.2) is 17.3 Å². The van der Waals surface area contributed by atoms with E-state index in [4.69, 9.17) is 14.2 Å². The van der Waals surface area contributed by atoms with Crippen LogP contribution in [0.3, 0.4) is 0 Å². The highest BCUT2D eigenvalue weighted by Gasteiger charge is 2.22. The molecule has 1 aromatic carbocycles. The number of hydrogen-bond donors (Lipinski definition) is 0. The van der Waals surface area contributed by atoms with Gasteiger partial charge in [-0.15, -0.1) is 0 Å². The summed E-state index contributed by atoms with van der Waals surface area (Å²) in [6.45, 7) is 2.55. The first-order chi connectivity index (χ1) is 10.2. The van der Waals surface area contributed by atoms with Crippen LogP contribution in [0.4, 0.5) is 0 Å². The Hall–Kier alpha value is -2.04. The number of carbonyl (C=O) groups excluding carboxylic acids is 2. The molecule has 0 heterocycles. The maximum atomic E-state index is 11.8. The third kappa shape index (κ3) is 3.74. The van der Waals surface area contributed by atoms with Crippen LogP contribution in [0.5, 0.6) is 11.5 Å². The van der Waals surface area contributed by atoms with Gasteiger partial charge in [-0.2, -0.15) is 0 Å². The molecule has 1 aliphatic carbocycles. The van der Waals surface area contributed by atoms with Crippen LogP contribution in [0.1, 0.15) is 42.1 Å². The van der Waals surface area contributed by atoms with Crippen molar-refractivity contribution in [2.75, 3.05) is 20.3 Å². The van der Waals surface area contributed by atoms with Gasteiger partial charge >= 0.3 is 5.97 Å². The van der Waals surface area contributed by atoms with Crippen molar-refractivity contribution in [3.8, 4) is 11.5 Å². The number of carbonyl (C=O) groups is 2. The van der Waals surface area contributed by atoms with Crippen molar-refractivity contribution in [2.45, 2.75) is 32.6 Å². The number of benzene rings is 1. The van der Waals surface area contributed by atoms with Gasteiger partial charge in [0.25, 0.3) is 0 Å². The lowest BCUT2D eigenvalue weighted by molar-refractivity contribution is -0.143. The molecule has 114 valence electrons. The van der Waals surface area contributed by atoms with Crippen LogP contribution < -0.4 is 9.47 Å². The molecule has 0 N–H and O–H groups in total. The molecule has 0 amide bonds. The van der Waals surface area contributed by atoms with Crippen molar-refractivity contribution in [3.63, 3.8) is 0 Å². The monoisotopic (exact) mass is 292 g/mol. The smallest absolute Gasteiger partial charge is 0.305 e. The summed E-state index contributed by atoms with van der Waals surface area (Å²) in [5.41, 5.74) is 1.73. The number of ether oxygens (including phenoxy) is 3. The van der Waals surface area contributed by atoms with E-state index in [-0.39, 0.29) is 11.8 Å². The third-order valence-corrected chi connectivity index (χ3v) is 3.40. The maximum absolute atomic E-state index is 11.8. The Morgan fingerprint density at radius 2 is 2.05 bits per heavy atom. The van der Waals surface area contributed by atoms with Gasteiger partial charge in [-0.3, -0.25) is 9.59 Å². The van der Waals surface area contributed by atoms with Crippen LogP contribution in [0.2, 0.25) is 0 Å². The Kier molecular flexibility index (Phi) is 5.20. The molecule has 0 saturated carbocycles. The van der Waals surface area contributed by atoms with Gasteiger partial charge in [-0.25, -0.2) is 0 Å². The highest BCUT2D eigenvalue weighted by atomic mass is 16.5. The number of Topliss-reactive ketones (excluding diaryl/α,β-unsaturated/α-hetero) is 1. The van der Waals surface area contributed by atoms with Crippen LogP contribution in [-0.2, 0) is 16.0 Å². The van der Waals surface area contributed by atoms with E-state index in [0.29, 0.717) is 44.0 Å². The summed E-state index contributed by atoms with van der Waals surface area (Å²) in [6, 6.07) is 3.61. The molecule has 0 aromatic heterocycles. The summed E-state index contributed by atoms with van der Waals surface area (Å²) >= 11 is 0. The minimum Gasteiger partial charge on any atom is -0.493 e. The van der Waals surface area contributed by atoms with E-state index in [2.05, 4.69) is 0 Å². The number of rotatable bonds is 7. The quantitative estimate of drug-likeness (QED) is 0.571. The van der Waals surface area contributed by atoms with Gasteiger partial charge < -0.3 is 14.2 Å². The zero-order valence-electron chi connectivity index (χ0n) is 12.4. The molecule has 2 rings (SSSR count). The predicted molar refractivity (Wildman–Crippen MR) is 77.0 cm³/mol. The standard InChI is InChI=1S/C16H20O5/c1-3-20-16(18)5-4-8-21-15-10-12-11(6-7-13(12)17)9-14(15)19-2/h9-10H,3-8H2,1-2H3. The van der Waals surface area contributed by atoms with Crippen molar-refractivity contribution >= 4 is 11.8 Å². The van der Waals surface area contributed by atoms with Gasteiger partial charge in [0.1, 0.15) is 0 Å². The number of ketones is 1. The first kappa shape index (κ1) is 15.4. The summed E-state index contributed by atoms with van der Waals surface area (Å²) in [6.07, 6.45) is 2.19. The van der Waals surface area contributed by atoms with E-state index in [1.807, 2.05) is 6.07 Å². The van der Waals surface area contributed by atoms with Crippen LogP contribution in [0.15, 0.2) is 12.1 Å². The van der Waals surface area contributed by atoms with Crippen molar-refractivity contribution in [1.82, 2.24) is 0 Å². The minimum absolute atomic E-state index is 0.143. The number of aryl methyl sites for hydroxylation is 1. The average molecular weight is 292 g/mol. The lowest BCUT2D eigenvalue weighted by atomic mass is 10.1. The Labute approximate surface area is 124 Å². The van der Waals surface area contributed by atoms with Crippen LogP contribution in [0.25, 0.3) is 0 Å². The third-order valence-electron chi connectivity index (χ3n) is 3.40. The summed E-state index contributed by atoms with van der Waals surface area (Å²) in [4.78, 5) is 23.0. The summed E-state index contributed by atoms with van der Waals surface area (Å²) in [5, 5.41) is 0. The van der Waals surface area contributed by atoms with Gasteiger partial charge in [-0.05, 0) is 37.5 Å². The fourth-order valence-electron chi connectivity index (χ4n) is 2.36. The van der Waals surface area contributed by atoms with E-state index in [1.165, 1.54) is 0 Å². The molecule has 0 bridgehead atoms. The van der Waals surface area contributed by atoms with Crippen molar-refractivity contribution in [1.29, 1.82) is 0 Å². The van der Waals surface area contributed by atoms with E-state index < -0.39 is 0 Å². The molecule has 0 spiro atoms. The first-order valence-corrected chi connectivity index (χ1v) is 7.18. The fraction of sp³-hybridized carbons (Fsp3) is 0.500. The van der Waals surface area contributed by atoms with Crippen LogP contribution in [-0.4, -0.2) is 32.1 Å². The molecule has 0 saturated heterocycles. The molecule has 1 aromatic rings. The second-order valence-corrected chi connectivity index (χ2v) is 4.84. The highest BCUT2D eigenvalue weighted by Crippen LogP contribution is 2.35. The first-order valence-electron chi connectivity index (χ1n) is 7.18. The number of esters is 1. The van der Waals surface area contributed by atoms with Crippen molar-refractivity contribution in [2.24, 2.45) is 0 Å². The Morgan fingerprint density at radius 3 is 2.76 bits per heavy atom. The van der Waals surface area contributed by atoms with Crippen LogP contribution >= 0.6 is 0 Å². The van der Waals surface area contributed by atoms with Crippen LogP contribution in [0, 0.1) is 0 Å². The van der Waals surface area contributed by atoms with Crippen molar-refractivity contribution in [3.05, 3.63) is 23.3 Å². The zero-order chi connectivity index (χ0) is 15.2. The number of methoxy groups -OCH3 is 1. The normalized spacial score (nSPS) is 13.0. The summed E-state index contributed by atoms with van der Waals surface area (Å²) in [5.74, 6) is 1.09. The molecule has 5 nitrogen and oxygen atoms in total. The second kappa shape index (κ2) is 7.11. The summed E-state index contributed by atoms with van der Waals surface area (Å²) < 4.78 is 15.8. The van der Waals surface area contributed by atoms with Gasteiger partial charge in [0.05, 0.1) is 20.3 Å². The molecule has 0 atom stereocenters. The largest absolute Gasteiger partial charge is 0.493 e. The Morgan fingerprint density at radius 1 is 1.24 bits per heavy atom. The highest BCUT2D eigenvalue weighted by molar-refractivity contribution is 6.01.